The fourth-order valence-electron chi connectivity index (χ4n) is 1.90. The molecule has 0 aromatic carbocycles. The van der Waals surface area contributed by atoms with E-state index in [-0.39, 0.29) is 0 Å². The standard InChI is InChI=1S/C13H17N4Se/c1-10(12-4-2-3-7-15-12)16-17-13(18)11-5-8-14-9-6-11/h2-4,7,11,14H,5-6,8-9H2,1H3/b16-10+,17-13-. The van der Waals surface area contributed by atoms with E-state index in [1.54, 1.807) is 6.20 Å². The summed E-state index contributed by atoms with van der Waals surface area (Å²) in [4.78, 5) is 4.25. The molecule has 95 valence electrons. The van der Waals surface area contributed by atoms with Crippen LogP contribution >= 0.6 is 0 Å². The Labute approximate surface area is 116 Å². The van der Waals surface area contributed by atoms with E-state index in [1.165, 1.54) is 0 Å². The molecule has 1 aliphatic rings. The molecule has 4 nitrogen and oxygen atoms in total. The summed E-state index contributed by atoms with van der Waals surface area (Å²) >= 11 is 3.05. The zero-order valence-corrected chi connectivity index (χ0v) is 12.2. The predicted octanol–water partition coefficient (Wildman–Crippen LogP) is 1.37. The van der Waals surface area contributed by atoms with Gasteiger partial charge in [0, 0.05) is 0 Å². The van der Waals surface area contributed by atoms with Gasteiger partial charge in [0.05, 0.1) is 0 Å². The number of nitrogens with zero attached hydrogens (tertiary/aromatic N) is 3. The molecule has 2 rings (SSSR count). The second-order valence-corrected chi connectivity index (χ2v) is 5.24. The summed E-state index contributed by atoms with van der Waals surface area (Å²) in [5.74, 6) is 0.520. The summed E-state index contributed by atoms with van der Waals surface area (Å²) < 4.78 is 1.01. The van der Waals surface area contributed by atoms with Crippen LogP contribution in [0.3, 0.4) is 0 Å². The Hall–Kier alpha value is -1.03. The van der Waals surface area contributed by atoms with E-state index in [0.717, 1.165) is 41.9 Å². The molecule has 5 heteroatoms. The van der Waals surface area contributed by atoms with Gasteiger partial charge in [0.15, 0.2) is 0 Å². The molecule has 1 aromatic heterocycles. The molecule has 2 heterocycles. The van der Waals surface area contributed by atoms with Crippen molar-refractivity contribution >= 4 is 26.3 Å². The van der Waals surface area contributed by atoms with E-state index in [9.17, 15) is 0 Å². The van der Waals surface area contributed by atoms with Gasteiger partial charge in [-0.25, -0.2) is 0 Å². The summed E-state index contributed by atoms with van der Waals surface area (Å²) in [7, 11) is 0. The number of aromatic nitrogens is 1. The minimum absolute atomic E-state index is 0.520. The third kappa shape index (κ3) is 3.73. The molecule has 1 fully saturated rings. The van der Waals surface area contributed by atoms with Crippen molar-refractivity contribution in [2.75, 3.05) is 13.1 Å². The Bertz CT molecular complexity index is 436. The average molecular weight is 308 g/mol. The van der Waals surface area contributed by atoms with Gasteiger partial charge in [0.2, 0.25) is 0 Å². The number of rotatable bonds is 3. The van der Waals surface area contributed by atoms with Crippen molar-refractivity contribution in [1.82, 2.24) is 10.3 Å². The maximum atomic E-state index is 4.31. The van der Waals surface area contributed by atoms with Crippen molar-refractivity contribution in [3.63, 3.8) is 0 Å². The summed E-state index contributed by atoms with van der Waals surface area (Å²) in [6.07, 6.45) is 4.03. The molecule has 18 heavy (non-hydrogen) atoms. The zero-order valence-electron chi connectivity index (χ0n) is 10.5. The van der Waals surface area contributed by atoms with E-state index in [2.05, 4.69) is 36.5 Å². The van der Waals surface area contributed by atoms with Crippen LogP contribution in [0.4, 0.5) is 0 Å². The zero-order chi connectivity index (χ0) is 12.8. The van der Waals surface area contributed by atoms with Crippen LogP contribution in [-0.2, 0) is 0 Å². The topological polar surface area (TPSA) is 49.6 Å². The van der Waals surface area contributed by atoms with Crippen molar-refractivity contribution in [2.24, 2.45) is 16.1 Å². The molecule has 0 spiro atoms. The Morgan fingerprint density at radius 3 is 2.78 bits per heavy atom. The Kier molecular flexibility index (Phi) is 5.05. The van der Waals surface area contributed by atoms with Crippen LogP contribution in [0.25, 0.3) is 0 Å². The van der Waals surface area contributed by atoms with Crippen molar-refractivity contribution in [1.29, 1.82) is 0 Å². The quantitative estimate of drug-likeness (QED) is 0.521. The molecule has 1 aromatic rings. The molecule has 0 saturated carbocycles. The predicted molar refractivity (Wildman–Crippen MR) is 75.2 cm³/mol. The van der Waals surface area contributed by atoms with Crippen LogP contribution in [0.5, 0.6) is 0 Å². The maximum absolute atomic E-state index is 4.31. The molecule has 1 saturated heterocycles. The van der Waals surface area contributed by atoms with E-state index in [1.807, 2.05) is 25.1 Å². The van der Waals surface area contributed by atoms with Gasteiger partial charge in [-0.1, -0.05) is 0 Å². The molecule has 0 aliphatic carbocycles. The van der Waals surface area contributed by atoms with E-state index < -0.39 is 0 Å². The Morgan fingerprint density at radius 2 is 2.11 bits per heavy atom. The Morgan fingerprint density at radius 1 is 1.33 bits per heavy atom. The van der Waals surface area contributed by atoms with Crippen LogP contribution in [-0.4, -0.2) is 44.4 Å². The summed E-state index contributed by atoms with van der Waals surface area (Å²) in [5, 5.41) is 11.9. The normalized spacial score (nSPS) is 18.9. The number of hydrogen-bond acceptors (Lipinski definition) is 4. The van der Waals surface area contributed by atoms with Gasteiger partial charge < -0.3 is 0 Å². The van der Waals surface area contributed by atoms with Gasteiger partial charge in [-0.15, -0.1) is 0 Å². The number of nitrogens with one attached hydrogen (secondary N) is 1. The van der Waals surface area contributed by atoms with Gasteiger partial charge >= 0.3 is 116 Å². The number of hydrogen-bond donors (Lipinski definition) is 1. The number of piperidine rings is 1. The third-order valence-electron chi connectivity index (χ3n) is 3.02. The van der Waals surface area contributed by atoms with E-state index in [4.69, 9.17) is 0 Å². The van der Waals surface area contributed by atoms with Crippen LogP contribution in [0.1, 0.15) is 25.5 Å². The minimum atomic E-state index is 0.520. The first-order valence-electron chi connectivity index (χ1n) is 6.18. The molecule has 1 aliphatic heterocycles. The molecular formula is C13H17N4Se. The molecule has 0 amide bonds. The van der Waals surface area contributed by atoms with E-state index in [0.29, 0.717) is 5.92 Å². The first kappa shape index (κ1) is 13.4. The third-order valence-corrected chi connectivity index (χ3v) is 3.89. The Balaban J connectivity index is 2.04. The molecule has 1 N–H and O–H groups in total. The molecule has 0 atom stereocenters. The first-order valence-corrected chi connectivity index (χ1v) is 7.04. The van der Waals surface area contributed by atoms with E-state index >= 15 is 0 Å². The van der Waals surface area contributed by atoms with Gasteiger partial charge in [0.1, 0.15) is 0 Å². The van der Waals surface area contributed by atoms with Gasteiger partial charge in [-0.05, 0) is 0 Å². The van der Waals surface area contributed by atoms with Crippen LogP contribution < -0.4 is 5.32 Å². The number of pyridine rings is 1. The fraction of sp³-hybridized carbons (Fsp3) is 0.462. The molecule has 1 radical (unpaired) electrons. The average Bonchev–Trinajstić information content (AvgIpc) is 2.46. The van der Waals surface area contributed by atoms with Crippen LogP contribution in [0, 0.1) is 5.92 Å². The molecule has 0 unspecified atom stereocenters. The van der Waals surface area contributed by atoms with Gasteiger partial charge in [-0.3, -0.25) is 0 Å². The SMILES string of the molecule is C/C(=N\N=C(/[Se])C1CCNCC1)c1ccccn1. The summed E-state index contributed by atoms with van der Waals surface area (Å²) in [6, 6.07) is 5.79. The fourth-order valence-corrected chi connectivity index (χ4v) is 2.48. The van der Waals surface area contributed by atoms with Gasteiger partial charge in [0.25, 0.3) is 0 Å². The first-order chi connectivity index (χ1) is 8.77. The summed E-state index contributed by atoms with van der Waals surface area (Å²) in [5.41, 5.74) is 1.72. The van der Waals surface area contributed by atoms with Crippen molar-refractivity contribution in [2.45, 2.75) is 19.8 Å². The molecular weight excluding hydrogens is 291 g/mol. The summed E-state index contributed by atoms with van der Waals surface area (Å²) in [6.45, 7) is 4.06. The van der Waals surface area contributed by atoms with Gasteiger partial charge in [-0.2, -0.15) is 0 Å². The second-order valence-electron chi connectivity index (χ2n) is 4.36. The monoisotopic (exact) mass is 309 g/mol. The second kappa shape index (κ2) is 6.78. The van der Waals surface area contributed by atoms with Crippen molar-refractivity contribution < 1.29 is 0 Å². The molecule has 0 bridgehead atoms. The van der Waals surface area contributed by atoms with Crippen molar-refractivity contribution in [3.8, 4) is 0 Å². The van der Waals surface area contributed by atoms with Crippen LogP contribution in [0.15, 0.2) is 34.6 Å². The van der Waals surface area contributed by atoms with Crippen LogP contribution in [0.2, 0.25) is 0 Å². The van der Waals surface area contributed by atoms with Crippen molar-refractivity contribution in [3.05, 3.63) is 30.1 Å².